The van der Waals surface area contributed by atoms with Gasteiger partial charge in [-0.15, -0.1) is 11.3 Å². The molecule has 2 aromatic carbocycles. The molecule has 1 aliphatic rings. The average molecular weight is 461 g/mol. The second kappa shape index (κ2) is 8.37. The van der Waals surface area contributed by atoms with Crippen molar-refractivity contribution in [3.05, 3.63) is 64.8 Å². The zero-order valence-electron chi connectivity index (χ0n) is 18.7. The van der Waals surface area contributed by atoms with Crippen molar-refractivity contribution in [3.8, 4) is 22.6 Å². The van der Waals surface area contributed by atoms with Gasteiger partial charge in [0, 0.05) is 23.9 Å². The van der Waals surface area contributed by atoms with Crippen LogP contribution in [0.2, 0.25) is 0 Å². The predicted molar refractivity (Wildman–Crippen MR) is 130 cm³/mol. The summed E-state index contributed by atoms with van der Waals surface area (Å²) >= 11 is 1.55. The number of hydrogen-bond acceptors (Lipinski definition) is 7. The fraction of sp³-hybridized carbons (Fsp3) is 0.240. The van der Waals surface area contributed by atoms with Gasteiger partial charge in [0.05, 0.1) is 19.6 Å². The first kappa shape index (κ1) is 21.2. The summed E-state index contributed by atoms with van der Waals surface area (Å²) in [5.41, 5.74) is 10.1. The van der Waals surface area contributed by atoms with E-state index in [1.807, 2.05) is 42.2 Å². The Morgan fingerprint density at radius 1 is 1.09 bits per heavy atom. The first-order chi connectivity index (χ1) is 16.0. The summed E-state index contributed by atoms with van der Waals surface area (Å²) in [5.74, 6) is 2.32. The van der Waals surface area contributed by atoms with Crippen LogP contribution in [-0.4, -0.2) is 36.1 Å². The van der Waals surface area contributed by atoms with Gasteiger partial charge in [-0.3, -0.25) is 4.79 Å². The van der Waals surface area contributed by atoms with Gasteiger partial charge in [0.25, 0.3) is 0 Å². The maximum Gasteiger partial charge on any atom is 0.240 e. The molecule has 1 atom stereocenters. The fourth-order valence-corrected chi connectivity index (χ4v) is 5.44. The SMILES string of the molecule is COc1ccc(-c2csc3nc(C)nc(N4Cc5ccccc5C[C@H]4C(N)=O)c23)cc1OC. The number of nitrogens with two attached hydrogens (primary N) is 1. The number of amides is 1. The lowest BCUT2D eigenvalue weighted by Gasteiger charge is -2.36. The van der Waals surface area contributed by atoms with Crippen molar-refractivity contribution < 1.29 is 14.3 Å². The Kier molecular flexibility index (Phi) is 5.38. The second-order valence-corrected chi connectivity index (χ2v) is 8.87. The van der Waals surface area contributed by atoms with Crippen LogP contribution in [0.1, 0.15) is 17.0 Å². The van der Waals surface area contributed by atoms with Gasteiger partial charge >= 0.3 is 0 Å². The van der Waals surface area contributed by atoms with E-state index in [1.54, 1.807) is 25.6 Å². The van der Waals surface area contributed by atoms with Crippen molar-refractivity contribution in [3.63, 3.8) is 0 Å². The molecular weight excluding hydrogens is 436 g/mol. The number of thiophene rings is 1. The number of carbonyl (C=O) groups is 1. The van der Waals surface area contributed by atoms with Crippen molar-refractivity contribution in [1.82, 2.24) is 9.97 Å². The van der Waals surface area contributed by atoms with Gasteiger partial charge < -0.3 is 20.1 Å². The highest BCUT2D eigenvalue weighted by Crippen LogP contribution is 2.42. The molecule has 8 heteroatoms. The quantitative estimate of drug-likeness (QED) is 0.482. The van der Waals surface area contributed by atoms with Crippen LogP contribution in [0.4, 0.5) is 5.82 Å². The predicted octanol–water partition coefficient (Wildman–Crippen LogP) is 4.10. The van der Waals surface area contributed by atoms with Crippen LogP contribution < -0.4 is 20.1 Å². The molecule has 0 radical (unpaired) electrons. The van der Waals surface area contributed by atoms with Crippen molar-refractivity contribution in [2.75, 3.05) is 19.1 Å². The third-order valence-corrected chi connectivity index (χ3v) is 6.94. The summed E-state index contributed by atoms with van der Waals surface area (Å²) in [7, 11) is 3.23. The van der Waals surface area contributed by atoms with E-state index in [-0.39, 0.29) is 5.91 Å². The highest BCUT2D eigenvalue weighted by Gasteiger charge is 2.33. The number of primary amides is 1. The Morgan fingerprint density at radius 3 is 2.58 bits per heavy atom. The minimum Gasteiger partial charge on any atom is -0.493 e. The van der Waals surface area contributed by atoms with Gasteiger partial charge in [-0.05, 0) is 35.7 Å². The Balaban J connectivity index is 1.71. The number of ether oxygens (including phenoxy) is 2. The summed E-state index contributed by atoms with van der Waals surface area (Å²) in [6.45, 7) is 2.42. The molecule has 0 saturated carbocycles. The molecule has 0 bridgehead atoms. The fourth-order valence-electron chi connectivity index (χ4n) is 4.45. The lowest BCUT2D eigenvalue weighted by atomic mass is 9.93. The molecule has 33 heavy (non-hydrogen) atoms. The maximum absolute atomic E-state index is 12.5. The third kappa shape index (κ3) is 3.66. The van der Waals surface area contributed by atoms with E-state index in [0.29, 0.717) is 30.3 Å². The zero-order valence-corrected chi connectivity index (χ0v) is 19.5. The number of rotatable bonds is 5. The lowest BCUT2D eigenvalue weighted by Crippen LogP contribution is -2.49. The van der Waals surface area contributed by atoms with E-state index in [1.165, 1.54) is 5.56 Å². The van der Waals surface area contributed by atoms with Crippen molar-refractivity contribution >= 4 is 33.3 Å². The first-order valence-electron chi connectivity index (χ1n) is 10.6. The van der Waals surface area contributed by atoms with Gasteiger partial charge in [0.2, 0.25) is 5.91 Å². The monoisotopic (exact) mass is 460 g/mol. The standard InChI is InChI=1S/C25H24N4O3S/c1-14-27-24(29-12-17-7-5-4-6-15(17)10-19(29)23(26)30)22-18(13-33-25(22)28-14)16-8-9-20(31-2)21(11-16)32-3/h4-9,11,13,19H,10,12H2,1-3H3,(H2,26,30)/t19-/m0/s1. The summed E-state index contributed by atoms with van der Waals surface area (Å²) in [6, 6.07) is 13.5. The molecule has 168 valence electrons. The highest BCUT2D eigenvalue weighted by molar-refractivity contribution is 7.17. The van der Waals surface area contributed by atoms with Crippen LogP contribution in [0, 0.1) is 6.92 Å². The zero-order chi connectivity index (χ0) is 23.1. The third-order valence-electron chi connectivity index (χ3n) is 6.07. The van der Waals surface area contributed by atoms with Crippen LogP contribution in [0.15, 0.2) is 47.8 Å². The van der Waals surface area contributed by atoms with Crippen LogP contribution in [0.5, 0.6) is 11.5 Å². The van der Waals surface area contributed by atoms with E-state index in [4.69, 9.17) is 20.2 Å². The summed E-state index contributed by atoms with van der Waals surface area (Å²) in [5, 5.41) is 2.98. The Bertz CT molecular complexity index is 1370. The topological polar surface area (TPSA) is 90.6 Å². The van der Waals surface area contributed by atoms with Crippen LogP contribution in [0.25, 0.3) is 21.3 Å². The number of nitrogens with zero attached hydrogens (tertiary/aromatic N) is 3. The molecule has 2 N–H and O–H groups in total. The van der Waals surface area contributed by atoms with Crippen molar-refractivity contribution in [2.24, 2.45) is 5.73 Å². The van der Waals surface area contributed by atoms with Crippen LogP contribution in [0.3, 0.4) is 0 Å². The molecule has 5 rings (SSSR count). The number of aromatic nitrogens is 2. The molecular formula is C25H24N4O3S. The number of fused-ring (bicyclic) bond motifs is 2. The normalized spacial score (nSPS) is 15.4. The van der Waals surface area contributed by atoms with Gasteiger partial charge in [0.15, 0.2) is 11.5 Å². The van der Waals surface area contributed by atoms with E-state index < -0.39 is 6.04 Å². The summed E-state index contributed by atoms with van der Waals surface area (Å²) < 4.78 is 10.9. The smallest absolute Gasteiger partial charge is 0.240 e. The molecule has 0 fully saturated rings. The number of carbonyl (C=O) groups excluding carboxylic acids is 1. The minimum absolute atomic E-state index is 0.364. The van der Waals surface area contributed by atoms with Gasteiger partial charge in [-0.1, -0.05) is 30.3 Å². The lowest BCUT2D eigenvalue weighted by molar-refractivity contribution is -0.119. The molecule has 1 amide bonds. The molecule has 4 aromatic rings. The molecule has 7 nitrogen and oxygen atoms in total. The minimum atomic E-state index is -0.490. The summed E-state index contributed by atoms with van der Waals surface area (Å²) in [6.07, 6.45) is 0.547. The van der Waals surface area contributed by atoms with E-state index >= 15 is 0 Å². The highest BCUT2D eigenvalue weighted by atomic mass is 32.1. The molecule has 0 unspecified atom stereocenters. The van der Waals surface area contributed by atoms with Gasteiger partial charge in [0.1, 0.15) is 22.5 Å². The Labute approximate surface area is 195 Å². The number of hydrogen-bond donors (Lipinski definition) is 1. The number of aryl methyl sites for hydroxylation is 1. The van der Waals surface area contributed by atoms with Gasteiger partial charge in [-0.25, -0.2) is 9.97 Å². The Hall–Kier alpha value is -3.65. The van der Waals surface area contributed by atoms with E-state index in [2.05, 4.69) is 22.5 Å². The van der Waals surface area contributed by atoms with Crippen LogP contribution in [-0.2, 0) is 17.8 Å². The number of benzene rings is 2. The largest absolute Gasteiger partial charge is 0.493 e. The van der Waals surface area contributed by atoms with Crippen molar-refractivity contribution in [1.29, 1.82) is 0 Å². The van der Waals surface area contributed by atoms with E-state index in [9.17, 15) is 4.79 Å². The molecule has 3 heterocycles. The molecule has 2 aromatic heterocycles. The summed E-state index contributed by atoms with van der Waals surface area (Å²) in [4.78, 5) is 24.9. The van der Waals surface area contributed by atoms with E-state index in [0.717, 1.165) is 32.7 Å². The number of anilines is 1. The molecule has 0 aliphatic carbocycles. The number of methoxy groups -OCH3 is 2. The first-order valence-corrected chi connectivity index (χ1v) is 11.5. The van der Waals surface area contributed by atoms with Crippen molar-refractivity contribution in [2.45, 2.75) is 25.9 Å². The molecule has 0 spiro atoms. The maximum atomic E-state index is 12.5. The molecule has 0 saturated heterocycles. The second-order valence-electron chi connectivity index (χ2n) is 8.01. The van der Waals surface area contributed by atoms with Crippen LogP contribution >= 0.6 is 11.3 Å². The molecule has 1 aliphatic heterocycles. The average Bonchev–Trinajstić information content (AvgIpc) is 3.25. The van der Waals surface area contributed by atoms with Gasteiger partial charge in [-0.2, -0.15) is 0 Å². The Morgan fingerprint density at radius 2 is 1.85 bits per heavy atom.